The van der Waals surface area contributed by atoms with Crippen molar-refractivity contribution in [3.05, 3.63) is 71.6 Å². The van der Waals surface area contributed by atoms with E-state index in [1.807, 2.05) is 0 Å². The third-order valence-electron chi connectivity index (χ3n) is 4.50. The van der Waals surface area contributed by atoms with Gasteiger partial charge in [-0.05, 0) is 34.7 Å². The van der Waals surface area contributed by atoms with E-state index in [1.165, 1.54) is 43.4 Å². The Hall–Kier alpha value is -2.16. The molecule has 0 fully saturated rings. The van der Waals surface area contributed by atoms with Gasteiger partial charge in [0.2, 0.25) is 0 Å². The van der Waals surface area contributed by atoms with Crippen molar-refractivity contribution in [1.29, 1.82) is 0 Å². The van der Waals surface area contributed by atoms with Gasteiger partial charge in [-0.25, -0.2) is 0 Å². The van der Waals surface area contributed by atoms with E-state index in [1.54, 1.807) is 0 Å². The molecule has 1 unspecified atom stereocenters. The Morgan fingerprint density at radius 3 is 2.70 bits per heavy atom. The van der Waals surface area contributed by atoms with Crippen LogP contribution < -0.4 is 0 Å². The van der Waals surface area contributed by atoms with Crippen LogP contribution in [0.25, 0.3) is 39.0 Å². The highest BCUT2D eigenvalue weighted by Crippen LogP contribution is 2.50. The first-order valence-corrected chi connectivity index (χ1v) is 9.90. The molecule has 0 aliphatic carbocycles. The van der Waals surface area contributed by atoms with Gasteiger partial charge in [0.1, 0.15) is 0 Å². The van der Waals surface area contributed by atoms with E-state index in [2.05, 4.69) is 77.1 Å². The number of aromatic nitrogens is 1. The maximum Gasteiger partial charge on any atom is 0.0544 e. The largest absolute Gasteiger partial charge is 0.354 e. The van der Waals surface area contributed by atoms with Gasteiger partial charge in [0.05, 0.1) is 5.52 Å². The maximum atomic E-state index is 6.45. The van der Waals surface area contributed by atoms with Crippen LogP contribution >= 0.6 is 20.8 Å². The highest BCUT2D eigenvalue weighted by atomic mass is 35.7. The summed E-state index contributed by atoms with van der Waals surface area (Å²) >= 11 is 0. The minimum atomic E-state index is -0.669. The summed E-state index contributed by atoms with van der Waals surface area (Å²) in [6.45, 7) is 0. The standard InChI is InChI=1S/C20H14ClNS/c21-23-11-10-13-8-9-14(12-19(13)23)15-5-3-6-17-16-4-1-2-7-18(16)22-20(15)17/h1-12,22-23H. The highest BCUT2D eigenvalue weighted by molar-refractivity contribution is 8.38. The Bertz CT molecular complexity index is 1090. The van der Waals surface area contributed by atoms with Gasteiger partial charge in [-0.3, -0.25) is 0 Å². The fraction of sp³-hybridized carbons (Fsp3) is 0. The van der Waals surface area contributed by atoms with Crippen molar-refractivity contribution >= 4 is 48.7 Å². The van der Waals surface area contributed by atoms with Crippen LogP contribution in [0, 0.1) is 0 Å². The van der Waals surface area contributed by atoms with Crippen LogP contribution in [0.4, 0.5) is 0 Å². The van der Waals surface area contributed by atoms with Crippen LogP contribution in [0.2, 0.25) is 0 Å². The van der Waals surface area contributed by atoms with E-state index in [9.17, 15) is 0 Å². The van der Waals surface area contributed by atoms with Gasteiger partial charge in [0.15, 0.2) is 0 Å². The molecule has 0 bridgehead atoms. The predicted octanol–water partition coefficient (Wildman–Crippen LogP) is 6.49. The van der Waals surface area contributed by atoms with Crippen molar-refractivity contribution in [3.63, 3.8) is 0 Å². The topological polar surface area (TPSA) is 15.8 Å². The number of rotatable bonds is 1. The molecule has 1 aliphatic rings. The highest BCUT2D eigenvalue weighted by Gasteiger charge is 2.15. The molecule has 0 radical (unpaired) electrons. The molecule has 1 aromatic heterocycles. The van der Waals surface area contributed by atoms with Gasteiger partial charge in [-0.2, -0.15) is 0 Å². The molecule has 1 N–H and O–H groups in total. The molecule has 4 aromatic rings. The normalized spacial score (nSPS) is 17.9. The molecule has 5 rings (SSSR count). The van der Waals surface area contributed by atoms with Gasteiger partial charge >= 0.3 is 0 Å². The first-order chi connectivity index (χ1) is 11.3. The van der Waals surface area contributed by atoms with Gasteiger partial charge in [-0.15, -0.1) is 10.1 Å². The smallest absolute Gasteiger partial charge is 0.0544 e. The zero-order valence-electron chi connectivity index (χ0n) is 12.3. The minimum absolute atomic E-state index is 0.669. The Morgan fingerprint density at radius 1 is 0.870 bits per heavy atom. The molecule has 0 saturated heterocycles. The monoisotopic (exact) mass is 335 g/mol. The van der Waals surface area contributed by atoms with Crippen molar-refractivity contribution in [1.82, 2.24) is 4.98 Å². The SMILES string of the molecule is Cl[SH]1C=Cc2ccc(-c3cccc4c3[nH]c3ccccc34)cc21. The van der Waals surface area contributed by atoms with Crippen molar-refractivity contribution in [2.45, 2.75) is 4.90 Å². The first kappa shape index (κ1) is 13.3. The summed E-state index contributed by atoms with van der Waals surface area (Å²) < 4.78 is 0. The molecule has 23 heavy (non-hydrogen) atoms. The molecule has 3 heteroatoms. The second-order valence-corrected chi connectivity index (χ2v) is 8.29. The molecule has 1 atom stereocenters. The average Bonchev–Trinajstić information content (AvgIpc) is 3.15. The third kappa shape index (κ3) is 1.95. The van der Waals surface area contributed by atoms with E-state index in [-0.39, 0.29) is 0 Å². The van der Waals surface area contributed by atoms with E-state index in [4.69, 9.17) is 10.7 Å². The van der Waals surface area contributed by atoms with Crippen molar-refractivity contribution < 1.29 is 0 Å². The first-order valence-electron chi connectivity index (χ1n) is 7.58. The van der Waals surface area contributed by atoms with Gasteiger partial charge in [0, 0.05) is 26.7 Å². The van der Waals surface area contributed by atoms with Crippen molar-refractivity contribution in [2.24, 2.45) is 0 Å². The molecule has 3 aromatic carbocycles. The summed E-state index contributed by atoms with van der Waals surface area (Å²) in [7, 11) is 5.79. The molecule has 1 aliphatic heterocycles. The van der Waals surface area contributed by atoms with E-state index in [0.29, 0.717) is 0 Å². The number of halogens is 1. The second-order valence-electron chi connectivity index (χ2n) is 5.80. The van der Waals surface area contributed by atoms with Crippen LogP contribution in [-0.2, 0) is 0 Å². The molecule has 1 nitrogen and oxygen atoms in total. The Labute approximate surface area is 141 Å². The molecule has 112 valence electrons. The lowest BCUT2D eigenvalue weighted by molar-refractivity contribution is 1.43. The molecular formula is C20H14ClNS. The van der Waals surface area contributed by atoms with E-state index < -0.39 is 10.1 Å². The molecule has 0 spiro atoms. The number of fused-ring (bicyclic) bond motifs is 4. The lowest BCUT2D eigenvalue weighted by atomic mass is 10.0. The quantitative estimate of drug-likeness (QED) is 0.370. The fourth-order valence-corrected chi connectivity index (χ4v) is 5.10. The van der Waals surface area contributed by atoms with Crippen LogP contribution in [0.15, 0.2) is 71.0 Å². The van der Waals surface area contributed by atoms with Gasteiger partial charge in [0.25, 0.3) is 0 Å². The molecule has 0 amide bonds. The Kier molecular flexibility index (Phi) is 2.84. The van der Waals surface area contributed by atoms with E-state index >= 15 is 0 Å². The van der Waals surface area contributed by atoms with Crippen LogP contribution in [-0.4, -0.2) is 4.98 Å². The Balaban J connectivity index is 1.79. The summed E-state index contributed by atoms with van der Waals surface area (Å²) in [6, 6.07) is 21.6. The van der Waals surface area contributed by atoms with Crippen molar-refractivity contribution in [3.8, 4) is 11.1 Å². The van der Waals surface area contributed by atoms with Gasteiger partial charge < -0.3 is 4.98 Å². The number of H-pyrrole nitrogens is 1. The molecular weight excluding hydrogens is 322 g/mol. The zero-order valence-corrected chi connectivity index (χ0v) is 13.9. The number of nitrogens with one attached hydrogen (secondary N) is 1. The van der Waals surface area contributed by atoms with Crippen LogP contribution in [0.1, 0.15) is 5.56 Å². The third-order valence-corrected chi connectivity index (χ3v) is 6.64. The summed E-state index contributed by atoms with van der Waals surface area (Å²) in [5.41, 5.74) is 6.07. The molecule has 2 heterocycles. The molecule has 0 saturated carbocycles. The lowest BCUT2D eigenvalue weighted by Crippen LogP contribution is -1.83. The van der Waals surface area contributed by atoms with Crippen LogP contribution in [0.3, 0.4) is 0 Å². The number of thiol groups is 1. The zero-order chi connectivity index (χ0) is 15.4. The minimum Gasteiger partial charge on any atom is -0.354 e. The number of aromatic amines is 1. The number of para-hydroxylation sites is 2. The second kappa shape index (κ2) is 4.92. The van der Waals surface area contributed by atoms with Crippen molar-refractivity contribution in [2.75, 3.05) is 0 Å². The number of hydrogen-bond donors (Lipinski definition) is 2. The van der Waals surface area contributed by atoms with Gasteiger partial charge in [-0.1, -0.05) is 59.2 Å². The van der Waals surface area contributed by atoms with E-state index in [0.717, 1.165) is 0 Å². The summed E-state index contributed by atoms with van der Waals surface area (Å²) in [5.74, 6) is 0. The number of hydrogen-bond acceptors (Lipinski definition) is 0. The Morgan fingerprint density at radius 2 is 1.74 bits per heavy atom. The summed E-state index contributed by atoms with van der Waals surface area (Å²) in [5, 5.41) is 4.64. The number of benzene rings is 3. The predicted molar refractivity (Wildman–Crippen MR) is 103 cm³/mol. The average molecular weight is 336 g/mol. The fourth-order valence-electron chi connectivity index (χ4n) is 3.38. The summed E-state index contributed by atoms with van der Waals surface area (Å²) in [4.78, 5) is 4.84. The summed E-state index contributed by atoms with van der Waals surface area (Å²) in [6.07, 6.45) is 2.13. The van der Waals surface area contributed by atoms with Crippen LogP contribution in [0.5, 0.6) is 0 Å². The maximum absolute atomic E-state index is 6.45. The lowest BCUT2D eigenvalue weighted by Gasteiger charge is -2.10.